The van der Waals surface area contributed by atoms with Gasteiger partial charge in [-0.2, -0.15) is 0 Å². The van der Waals surface area contributed by atoms with Gasteiger partial charge in [-0.15, -0.1) is 0 Å². The molecular weight excluding hydrogens is 402 g/mol. The van der Waals surface area contributed by atoms with E-state index in [1.165, 1.54) is 10.6 Å². The van der Waals surface area contributed by atoms with Crippen molar-refractivity contribution in [2.75, 3.05) is 19.0 Å². The zero-order chi connectivity index (χ0) is 22.7. The number of hydrazine groups is 1. The first-order valence-corrected chi connectivity index (χ1v) is 11.2. The maximum Gasteiger partial charge on any atom is 0.250 e. The first-order valence-electron chi connectivity index (χ1n) is 11.2. The molecular formula is C25H31N5O2. The number of amides is 1. The number of amidine groups is 1. The summed E-state index contributed by atoms with van der Waals surface area (Å²) in [5.41, 5.74) is 7.33. The molecule has 2 aromatic rings. The Morgan fingerprint density at radius 3 is 2.41 bits per heavy atom. The minimum absolute atomic E-state index is 0.0311. The number of carbonyl (C=O) groups excluding carboxylic acids is 1. The SMILES string of the molecule is CCC(C)(CC)c1ccc(C2=NC3N=C(CNc4ccc(OC)cc4)CC(=O)N3N2)cc1. The molecule has 1 unspecified atom stereocenters. The molecule has 2 aliphatic rings. The summed E-state index contributed by atoms with van der Waals surface area (Å²) in [6.45, 7) is 7.24. The molecule has 0 saturated heterocycles. The Bertz CT molecular complexity index is 1020. The van der Waals surface area contributed by atoms with E-state index < -0.39 is 6.29 Å². The predicted octanol–water partition coefficient (Wildman–Crippen LogP) is 4.11. The van der Waals surface area contributed by atoms with Crippen molar-refractivity contribution in [1.82, 2.24) is 10.4 Å². The summed E-state index contributed by atoms with van der Waals surface area (Å²) >= 11 is 0. The Balaban J connectivity index is 1.46. The van der Waals surface area contributed by atoms with Gasteiger partial charge in [0, 0.05) is 17.0 Å². The van der Waals surface area contributed by atoms with Crippen LogP contribution in [0.5, 0.6) is 5.75 Å². The molecule has 1 amide bonds. The molecule has 0 saturated carbocycles. The van der Waals surface area contributed by atoms with E-state index in [4.69, 9.17) is 4.74 Å². The van der Waals surface area contributed by atoms with E-state index >= 15 is 0 Å². The third-order valence-electron chi connectivity index (χ3n) is 6.63. The first-order chi connectivity index (χ1) is 15.5. The summed E-state index contributed by atoms with van der Waals surface area (Å²) in [6.07, 6.45) is 1.89. The topological polar surface area (TPSA) is 78.3 Å². The van der Waals surface area contributed by atoms with E-state index in [1.54, 1.807) is 7.11 Å². The second-order valence-electron chi connectivity index (χ2n) is 8.50. The Labute approximate surface area is 189 Å². The fourth-order valence-electron chi connectivity index (χ4n) is 3.97. The van der Waals surface area contributed by atoms with Crippen LogP contribution in [0.3, 0.4) is 0 Å². The Hall–Kier alpha value is -3.35. The number of benzene rings is 2. The zero-order valence-corrected chi connectivity index (χ0v) is 19.2. The van der Waals surface area contributed by atoms with Crippen LogP contribution >= 0.6 is 0 Å². The van der Waals surface area contributed by atoms with Crippen molar-refractivity contribution in [3.8, 4) is 5.75 Å². The van der Waals surface area contributed by atoms with Crippen molar-refractivity contribution in [1.29, 1.82) is 0 Å². The van der Waals surface area contributed by atoms with E-state index in [2.05, 4.69) is 65.8 Å². The molecule has 7 heteroatoms. The van der Waals surface area contributed by atoms with Gasteiger partial charge in [0.05, 0.1) is 20.1 Å². The molecule has 1 atom stereocenters. The molecule has 0 radical (unpaired) electrons. The average molecular weight is 434 g/mol. The van der Waals surface area contributed by atoms with Gasteiger partial charge in [-0.3, -0.25) is 10.2 Å². The van der Waals surface area contributed by atoms with Crippen LogP contribution in [0.4, 0.5) is 5.69 Å². The molecule has 7 nitrogen and oxygen atoms in total. The summed E-state index contributed by atoms with van der Waals surface area (Å²) in [7, 11) is 1.64. The lowest BCUT2D eigenvalue weighted by Gasteiger charge is -2.27. The van der Waals surface area contributed by atoms with E-state index in [-0.39, 0.29) is 17.7 Å². The van der Waals surface area contributed by atoms with Crippen molar-refractivity contribution in [2.45, 2.75) is 51.7 Å². The largest absolute Gasteiger partial charge is 0.497 e. The van der Waals surface area contributed by atoms with Gasteiger partial charge in [-0.25, -0.2) is 15.0 Å². The highest BCUT2D eigenvalue weighted by Gasteiger charge is 2.35. The molecule has 2 heterocycles. The van der Waals surface area contributed by atoms with Gasteiger partial charge in [-0.1, -0.05) is 45.0 Å². The van der Waals surface area contributed by atoms with Crippen LogP contribution in [-0.2, 0) is 10.2 Å². The molecule has 4 rings (SSSR count). The normalized spacial score (nSPS) is 17.9. The molecule has 0 fully saturated rings. The summed E-state index contributed by atoms with van der Waals surface area (Å²) in [5.74, 6) is 1.45. The van der Waals surface area contributed by atoms with E-state index in [1.807, 2.05) is 24.3 Å². The lowest BCUT2D eigenvalue weighted by molar-refractivity contribution is -0.133. The van der Waals surface area contributed by atoms with Crippen LogP contribution in [0.15, 0.2) is 58.5 Å². The highest BCUT2D eigenvalue weighted by molar-refractivity contribution is 6.08. The Morgan fingerprint density at radius 1 is 1.09 bits per heavy atom. The van der Waals surface area contributed by atoms with Gasteiger partial charge in [0.25, 0.3) is 0 Å². The molecule has 32 heavy (non-hydrogen) atoms. The molecule has 2 aliphatic heterocycles. The van der Waals surface area contributed by atoms with Crippen LogP contribution in [0.25, 0.3) is 0 Å². The number of carbonyl (C=O) groups is 1. The molecule has 168 valence electrons. The van der Waals surface area contributed by atoms with E-state index in [0.717, 1.165) is 35.6 Å². The van der Waals surface area contributed by atoms with E-state index in [9.17, 15) is 4.79 Å². The van der Waals surface area contributed by atoms with Crippen LogP contribution in [0, 0.1) is 0 Å². The number of fused-ring (bicyclic) bond motifs is 1. The van der Waals surface area contributed by atoms with Gasteiger partial charge < -0.3 is 10.1 Å². The predicted molar refractivity (Wildman–Crippen MR) is 128 cm³/mol. The number of anilines is 1. The lowest BCUT2D eigenvalue weighted by Crippen LogP contribution is -2.49. The van der Waals surface area contributed by atoms with Gasteiger partial charge in [0.2, 0.25) is 12.2 Å². The van der Waals surface area contributed by atoms with Gasteiger partial charge in [0.15, 0.2) is 5.84 Å². The smallest absolute Gasteiger partial charge is 0.250 e. The van der Waals surface area contributed by atoms with Crippen LogP contribution in [0.2, 0.25) is 0 Å². The Kier molecular flexibility index (Phi) is 6.17. The third kappa shape index (κ3) is 4.33. The number of nitrogens with one attached hydrogen (secondary N) is 2. The second kappa shape index (κ2) is 9.02. The van der Waals surface area contributed by atoms with Crippen molar-refractivity contribution < 1.29 is 9.53 Å². The number of methoxy groups -OCH3 is 1. The van der Waals surface area contributed by atoms with Crippen molar-refractivity contribution >= 4 is 23.1 Å². The van der Waals surface area contributed by atoms with Gasteiger partial charge in [-0.05, 0) is 48.1 Å². The van der Waals surface area contributed by atoms with Crippen molar-refractivity contribution in [3.63, 3.8) is 0 Å². The quantitative estimate of drug-likeness (QED) is 0.657. The number of hydrogen-bond donors (Lipinski definition) is 2. The summed E-state index contributed by atoms with van der Waals surface area (Å²) in [4.78, 5) is 22.0. The van der Waals surface area contributed by atoms with Crippen LogP contribution in [0.1, 0.15) is 51.2 Å². The maximum atomic E-state index is 12.7. The van der Waals surface area contributed by atoms with Crippen molar-refractivity contribution in [3.05, 3.63) is 59.7 Å². The number of hydrogen-bond acceptors (Lipinski definition) is 6. The third-order valence-corrected chi connectivity index (χ3v) is 6.63. The number of rotatable bonds is 8. The Morgan fingerprint density at radius 2 is 1.78 bits per heavy atom. The lowest BCUT2D eigenvalue weighted by atomic mass is 9.78. The monoisotopic (exact) mass is 433 g/mol. The highest BCUT2D eigenvalue weighted by atomic mass is 16.5. The summed E-state index contributed by atoms with van der Waals surface area (Å²) in [6, 6.07) is 16.1. The molecule has 2 aromatic carbocycles. The number of nitrogens with zero attached hydrogens (tertiary/aromatic N) is 3. The molecule has 0 spiro atoms. The molecule has 0 aromatic heterocycles. The van der Waals surface area contributed by atoms with Crippen LogP contribution < -0.4 is 15.5 Å². The molecule has 0 aliphatic carbocycles. The number of aliphatic imine (C=N–C) groups is 2. The van der Waals surface area contributed by atoms with Gasteiger partial charge >= 0.3 is 0 Å². The standard InChI is InChI=1S/C25H31N5O2/c1-5-25(3,6-2)18-9-7-17(8-10-18)23-28-24-27-20(15-22(31)30(24)29-23)16-26-19-11-13-21(32-4)14-12-19/h7-14,24,26H,5-6,15-16H2,1-4H3,(H,28,29). The van der Waals surface area contributed by atoms with E-state index in [0.29, 0.717) is 12.4 Å². The second-order valence-corrected chi connectivity index (χ2v) is 8.50. The molecule has 2 N–H and O–H groups in total. The summed E-state index contributed by atoms with van der Waals surface area (Å²) in [5, 5.41) is 4.83. The fraction of sp³-hybridized carbons (Fsp3) is 0.400. The maximum absolute atomic E-state index is 12.7. The van der Waals surface area contributed by atoms with Crippen LogP contribution in [-0.4, -0.2) is 42.4 Å². The zero-order valence-electron chi connectivity index (χ0n) is 19.2. The summed E-state index contributed by atoms with van der Waals surface area (Å²) < 4.78 is 5.18. The average Bonchev–Trinajstić information content (AvgIpc) is 3.27. The van der Waals surface area contributed by atoms with Gasteiger partial charge in [0.1, 0.15) is 5.75 Å². The fourth-order valence-corrected chi connectivity index (χ4v) is 3.97. The molecule has 0 bridgehead atoms. The number of ether oxygens (including phenoxy) is 1. The van der Waals surface area contributed by atoms with Crippen molar-refractivity contribution in [2.24, 2.45) is 9.98 Å². The minimum Gasteiger partial charge on any atom is -0.497 e. The first kappa shape index (κ1) is 21.9. The highest BCUT2D eigenvalue weighted by Crippen LogP contribution is 2.31. The minimum atomic E-state index is -0.560.